The van der Waals surface area contributed by atoms with Crippen molar-refractivity contribution in [3.8, 4) is 23.3 Å². The predicted molar refractivity (Wildman–Crippen MR) is 275 cm³/mol. The van der Waals surface area contributed by atoms with Gasteiger partial charge in [-0.2, -0.15) is 15.0 Å². The summed E-state index contributed by atoms with van der Waals surface area (Å²) in [4.78, 5) is 17.0. The van der Waals surface area contributed by atoms with E-state index in [-0.39, 0.29) is 16.2 Å². The van der Waals surface area contributed by atoms with Crippen LogP contribution in [0.1, 0.15) is 102 Å². The molecule has 8 saturated carbocycles. The van der Waals surface area contributed by atoms with E-state index in [0.717, 1.165) is 74.3 Å². The fraction of sp³-hybridized carbons (Fsp3) is 0.381. The molecule has 6 heteroatoms. The summed E-state index contributed by atoms with van der Waals surface area (Å²) in [5.74, 6) is 7.42. The summed E-state index contributed by atoms with van der Waals surface area (Å²) >= 11 is 0. The first-order valence-electron chi connectivity index (χ1n) is 26.4. The lowest BCUT2D eigenvalue weighted by atomic mass is 9.38. The summed E-state index contributed by atoms with van der Waals surface area (Å²) in [5.41, 5.74) is 13.2. The van der Waals surface area contributed by atoms with E-state index in [2.05, 4.69) is 151 Å². The molecule has 4 atom stereocenters. The molecule has 69 heavy (non-hydrogen) atoms. The molecule has 18 rings (SSSR count). The van der Waals surface area contributed by atoms with Crippen molar-refractivity contribution in [2.75, 3.05) is 0 Å². The maximum Gasteiger partial charge on any atom is 0.240 e. The van der Waals surface area contributed by atoms with Gasteiger partial charge in [0.15, 0.2) is 5.82 Å². The number of hydrogen-bond donors (Lipinski definition) is 0. The number of fused-ring (bicyclic) bond motifs is 11. The Kier molecular flexibility index (Phi) is 6.45. The minimum atomic E-state index is -0.111. The molecule has 6 nitrogen and oxygen atoms in total. The van der Waals surface area contributed by atoms with Gasteiger partial charge in [-0.1, -0.05) is 99.6 Å². The van der Waals surface area contributed by atoms with Crippen LogP contribution in [0, 0.1) is 46.3 Å². The lowest BCUT2D eigenvalue weighted by Gasteiger charge is -2.66. The molecule has 2 spiro atoms. The highest BCUT2D eigenvalue weighted by atomic mass is 16.3. The van der Waals surface area contributed by atoms with Gasteiger partial charge in [0.2, 0.25) is 11.9 Å². The molecule has 0 amide bonds. The summed E-state index contributed by atoms with van der Waals surface area (Å²) in [6.45, 7) is 7.19. The zero-order chi connectivity index (χ0) is 45.1. The van der Waals surface area contributed by atoms with Crippen LogP contribution in [0.5, 0.6) is 0 Å². The molecule has 4 aromatic heterocycles. The first-order valence-corrected chi connectivity index (χ1v) is 26.4. The molecule has 0 saturated heterocycles. The van der Waals surface area contributed by atoms with Gasteiger partial charge in [0.25, 0.3) is 0 Å². The minimum absolute atomic E-state index is 0.111. The first-order chi connectivity index (χ1) is 33.6. The van der Waals surface area contributed by atoms with E-state index < -0.39 is 0 Å². The fourth-order valence-corrected chi connectivity index (χ4v) is 19.1. The Bertz CT molecular complexity index is 3730. The standard InChI is InChI=1S/C63H55N5O/c1-59(2,3)49-27-35(61-30-40-22-37-23-41(31-61)63(37,40)33-61)25-47-46-24-34(60-28-38-20-36-21-39(29-60)62(36,38)32-60)26-48(54(46)69-55(47)49)56-64-57(67-50-16-8-4-12-42(50)43-13-5-9-17-51(43)67)66-58(65-56)68-52-18-10-6-14-44(52)45-15-7-11-19-53(45)68/h4-19,24-27,36-41H,20-23,28-33H2,1-3H3. The Labute approximate surface area is 401 Å². The second-order valence-electron chi connectivity index (χ2n) is 25.2. The zero-order valence-electron chi connectivity index (χ0n) is 39.7. The highest BCUT2D eigenvalue weighted by molar-refractivity contribution is 6.12. The Morgan fingerprint density at radius 3 is 1.28 bits per heavy atom. The molecule has 4 unspecified atom stereocenters. The van der Waals surface area contributed by atoms with Crippen LogP contribution in [0.2, 0.25) is 0 Å². The van der Waals surface area contributed by atoms with Crippen LogP contribution in [0.15, 0.2) is 126 Å². The predicted octanol–water partition coefficient (Wildman–Crippen LogP) is 15.1. The van der Waals surface area contributed by atoms with Crippen LogP contribution in [0.25, 0.3) is 88.8 Å². The van der Waals surface area contributed by atoms with E-state index in [1.165, 1.54) is 108 Å². The van der Waals surface area contributed by atoms with Crippen molar-refractivity contribution in [2.45, 2.75) is 101 Å². The van der Waals surface area contributed by atoms with E-state index in [9.17, 15) is 0 Å². The van der Waals surface area contributed by atoms with Gasteiger partial charge in [0.1, 0.15) is 11.2 Å². The normalized spacial score (nSPS) is 33.1. The van der Waals surface area contributed by atoms with Gasteiger partial charge in [-0.05, 0) is 180 Å². The molecule has 0 radical (unpaired) electrons. The van der Waals surface area contributed by atoms with Crippen LogP contribution in [-0.4, -0.2) is 24.1 Å². The number of rotatable bonds is 5. The first kappa shape index (κ1) is 37.6. The summed E-state index contributed by atoms with van der Waals surface area (Å²) in [6, 6.07) is 45.2. The Balaban J connectivity index is 0.949. The second-order valence-corrected chi connectivity index (χ2v) is 25.2. The second kappa shape index (κ2) is 11.8. The van der Waals surface area contributed by atoms with Crippen molar-refractivity contribution in [2.24, 2.45) is 46.3 Å². The maximum atomic E-state index is 7.58. The van der Waals surface area contributed by atoms with Gasteiger partial charge >= 0.3 is 0 Å². The molecule has 8 aliphatic carbocycles. The molecule has 0 aliphatic heterocycles. The van der Waals surface area contributed by atoms with Gasteiger partial charge in [-0.15, -0.1) is 0 Å². The third-order valence-electron chi connectivity index (χ3n) is 21.8. The van der Waals surface area contributed by atoms with Crippen molar-refractivity contribution < 1.29 is 4.42 Å². The topological polar surface area (TPSA) is 61.7 Å². The molecule has 4 heterocycles. The third kappa shape index (κ3) is 4.25. The molecule has 4 bridgehead atoms. The lowest BCUT2D eigenvalue weighted by Crippen LogP contribution is -2.59. The van der Waals surface area contributed by atoms with Crippen LogP contribution in [-0.2, 0) is 16.2 Å². The number of para-hydroxylation sites is 4. The number of benzene rings is 6. The van der Waals surface area contributed by atoms with Gasteiger partial charge < -0.3 is 4.42 Å². The highest BCUT2D eigenvalue weighted by Gasteiger charge is 2.78. The van der Waals surface area contributed by atoms with Crippen LogP contribution in [0.3, 0.4) is 0 Å². The average Bonchev–Trinajstić information content (AvgIpc) is 4.21. The smallest absolute Gasteiger partial charge is 0.240 e. The molecular formula is C63H55N5O. The Morgan fingerprint density at radius 1 is 0.464 bits per heavy atom. The van der Waals surface area contributed by atoms with Crippen molar-refractivity contribution in [3.05, 3.63) is 138 Å². The fourth-order valence-electron chi connectivity index (χ4n) is 19.1. The van der Waals surface area contributed by atoms with Crippen molar-refractivity contribution >= 4 is 65.6 Å². The van der Waals surface area contributed by atoms with E-state index in [1.54, 1.807) is 5.56 Å². The van der Waals surface area contributed by atoms with E-state index in [1.807, 2.05) is 0 Å². The molecule has 0 N–H and O–H groups in total. The Hall–Kier alpha value is -6.27. The lowest BCUT2D eigenvalue weighted by molar-refractivity contribution is -0.175. The molecule has 8 fully saturated rings. The number of aromatic nitrogens is 5. The highest BCUT2D eigenvalue weighted by Crippen LogP contribution is 2.86. The summed E-state index contributed by atoms with van der Waals surface area (Å²) in [7, 11) is 0. The van der Waals surface area contributed by atoms with Gasteiger partial charge in [-0.3, -0.25) is 9.13 Å². The molecule has 10 aromatic rings. The van der Waals surface area contributed by atoms with Crippen molar-refractivity contribution in [3.63, 3.8) is 0 Å². The summed E-state index contributed by atoms with van der Waals surface area (Å²) in [5, 5.41) is 7.28. The zero-order valence-corrected chi connectivity index (χ0v) is 39.7. The van der Waals surface area contributed by atoms with Crippen molar-refractivity contribution in [1.29, 1.82) is 0 Å². The number of hydrogen-bond acceptors (Lipinski definition) is 4. The van der Waals surface area contributed by atoms with E-state index in [0.29, 0.717) is 28.6 Å². The Morgan fingerprint density at radius 2 is 0.870 bits per heavy atom. The maximum absolute atomic E-state index is 7.58. The number of furan rings is 1. The van der Waals surface area contributed by atoms with E-state index >= 15 is 0 Å². The quantitative estimate of drug-likeness (QED) is 0.173. The SMILES string of the molecule is CC(C)(C)c1cc(C23CC4CC5CC(C2)C54C3)cc2c1oc1c(-c3nc(-n4c5ccccc5c5ccccc54)nc(-n4c5ccccc5c5ccccc54)n3)cc(C34CC5CC6CC(C3)C65C4)cc12. The van der Waals surface area contributed by atoms with Gasteiger partial charge in [0, 0.05) is 37.9 Å². The molecule has 338 valence electrons. The third-order valence-corrected chi connectivity index (χ3v) is 21.8. The largest absolute Gasteiger partial charge is 0.455 e. The number of nitrogens with zero attached hydrogens (tertiary/aromatic N) is 5. The van der Waals surface area contributed by atoms with Crippen LogP contribution < -0.4 is 0 Å². The molecule has 6 aromatic carbocycles. The van der Waals surface area contributed by atoms with Crippen LogP contribution in [0.4, 0.5) is 0 Å². The molecule has 8 aliphatic rings. The van der Waals surface area contributed by atoms with Gasteiger partial charge in [-0.25, -0.2) is 0 Å². The van der Waals surface area contributed by atoms with Gasteiger partial charge in [0.05, 0.1) is 27.6 Å². The van der Waals surface area contributed by atoms with Crippen LogP contribution >= 0.6 is 0 Å². The average molecular weight is 898 g/mol. The monoisotopic (exact) mass is 897 g/mol. The summed E-state index contributed by atoms with van der Waals surface area (Å²) < 4.78 is 12.1. The molecular weight excluding hydrogens is 843 g/mol. The van der Waals surface area contributed by atoms with Crippen molar-refractivity contribution in [1.82, 2.24) is 24.1 Å². The summed E-state index contributed by atoms with van der Waals surface area (Å²) in [6.07, 6.45) is 13.9. The minimum Gasteiger partial charge on any atom is -0.455 e. The van der Waals surface area contributed by atoms with E-state index in [4.69, 9.17) is 19.4 Å².